The van der Waals surface area contributed by atoms with Crippen molar-refractivity contribution in [1.29, 1.82) is 0 Å². The Balaban J connectivity index is 1.46. The second-order valence-electron chi connectivity index (χ2n) is 8.11. The van der Waals surface area contributed by atoms with E-state index in [2.05, 4.69) is 28.2 Å². The van der Waals surface area contributed by atoms with Crippen LogP contribution in [-0.2, 0) is 4.74 Å². The highest BCUT2D eigenvalue weighted by molar-refractivity contribution is 6.00. The lowest BCUT2D eigenvalue weighted by atomic mass is 9.99. The second kappa shape index (κ2) is 9.50. The van der Waals surface area contributed by atoms with E-state index in [1.54, 1.807) is 29.3 Å². The Bertz CT molecular complexity index is 1180. The van der Waals surface area contributed by atoms with Gasteiger partial charge in [-0.3, -0.25) is 4.79 Å². The average Bonchev–Trinajstić information content (AvgIpc) is 2.89. The van der Waals surface area contributed by atoms with Crippen LogP contribution in [0.4, 0.5) is 10.3 Å². The van der Waals surface area contributed by atoms with Crippen LogP contribution >= 0.6 is 0 Å². The van der Waals surface area contributed by atoms with E-state index in [9.17, 15) is 9.18 Å². The van der Waals surface area contributed by atoms with Gasteiger partial charge in [0, 0.05) is 37.9 Å². The molecule has 6 nitrogen and oxygen atoms in total. The minimum absolute atomic E-state index is 0.190. The molecule has 2 aliphatic rings. The van der Waals surface area contributed by atoms with E-state index in [-0.39, 0.29) is 5.91 Å². The molecule has 2 aromatic carbocycles. The molecule has 0 radical (unpaired) electrons. The van der Waals surface area contributed by atoms with E-state index >= 15 is 0 Å². The molecule has 5 rings (SSSR count). The summed E-state index contributed by atoms with van der Waals surface area (Å²) in [5.74, 6) is -0.119. The number of rotatable bonds is 4. The third kappa shape index (κ3) is 4.50. The van der Waals surface area contributed by atoms with Crippen LogP contribution in [0.5, 0.6) is 0 Å². The van der Waals surface area contributed by atoms with Crippen LogP contribution in [0, 0.1) is 5.82 Å². The van der Waals surface area contributed by atoms with E-state index in [1.165, 1.54) is 17.2 Å². The SMILES string of the molecule is O=C(c1cnc(N2CCOCC2)nc1-c1ccccc1F)N1CC=C(c2ccccc2)CC1. The van der Waals surface area contributed by atoms with Crippen LogP contribution in [0.15, 0.2) is 66.9 Å². The lowest BCUT2D eigenvalue weighted by Crippen LogP contribution is -2.38. The van der Waals surface area contributed by atoms with Gasteiger partial charge in [-0.15, -0.1) is 0 Å². The Morgan fingerprint density at radius 3 is 2.45 bits per heavy atom. The van der Waals surface area contributed by atoms with E-state index in [0.717, 1.165) is 6.42 Å². The van der Waals surface area contributed by atoms with Gasteiger partial charge in [0.15, 0.2) is 0 Å². The van der Waals surface area contributed by atoms with E-state index < -0.39 is 5.82 Å². The predicted octanol–water partition coefficient (Wildman–Crippen LogP) is 4.05. The maximum Gasteiger partial charge on any atom is 0.257 e. The molecular formula is C26H25FN4O2. The first-order valence-electron chi connectivity index (χ1n) is 11.2. The maximum absolute atomic E-state index is 14.7. The zero-order valence-electron chi connectivity index (χ0n) is 18.3. The van der Waals surface area contributed by atoms with Crippen LogP contribution in [0.25, 0.3) is 16.8 Å². The fraction of sp³-hybridized carbons (Fsp3) is 0.269. The van der Waals surface area contributed by atoms with Crippen molar-refractivity contribution in [3.63, 3.8) is 0 Å². The van der Waals surface area contributed by atoms with E-state index in [4.69, 9.17) is 4.74 Å². The van der Waals surface area contributed by atoms with E-state index in [0.29, 0.717) is 62.2 Å². The zero-order valence-corrected chi connectivity index (χ0v) is 18.3. The smallest absolute Gasteiger partial charge is 0.257 e. The number of ether oxygens (including phenoxy) is 1. The summed E-state index contributed by atoms with van der Waals surface area (Å²) < 4.78 is 20.2. The molecule has 0 aliphatic carbocycles. The number of amides is 1. The van der Waals surface area contributed by atoms with Crippen molar-refractivity contribution in [2.24, 2.45) is 0 Å². The van der Waals surface area contributed by atoms with Crippen LogP contribution < -0.4 is 4.90 Å². The minimum Gasteiger partial charge on any atom is -0.378 e. The molecule has 1 fully saturated rings. The quantitative estimate of drug-likeness (QED) is 0.608. The van der Waals surface area contributed by atoms with Gasteiger partial charge in [0.2, 0.25) is 5.95 Å². The Hall–Kier alpha value is -3.58. The highest BCUT2D eigenvalue weighted by atomic mass is 19.1. The lowest BCUT2D eigenvalue weighted by molar-refractivity contribution is 0.0772. The largest absolute Gasteiger partial charge is 0.378 e. The monoisotopic (exact) mass is 444 g/mol. The summed E-state index contributed by atoms with van der Waals surface area (Å²) >= 11 is 0. The number of halogens is 1. The van der Waals surface area contributed by atoms with Crippen molar-refractivity contribution in [3.05, 3.63) is 83.8 Å². The van der Waals surface area contributed by atoms with Crippen molar-refractivity contribution in [2.45, 2.75) is 6.42 Å². The third-order valence-electron chi connectivity index (χ3n) is 6.07. The lowest BCUT2D eigenvalue weighted by Gasteiger charge is -2.29. The first-order chi connectivity index (χ1) is 16.2. The van der Waals surface area contributed by atoms with Gasteiger partial charge < -0.3 is 14.5 Å². The molecule has 0 atom stereocenters. The summed E-state index contributed by atoms with van der Waals surface area (Å²) in [6, 6.07) is 16.6. The molecule has 1 saturated heterocycles. The standard InChI is InChI=1S/C26H25FN4O2/c27-23-9-5-4-8-21(23)24-22(18-28-26(29-24)31-14-16-33-17-15-31)25(32)30-12-10-20(11-13-30)19-6-2-1-3-7-19/h1-10,18H,11-17H2. The second-order valence-corrected chi connectivity index (χ2v) is 8.11. The summed E-state index contributed by atoms with van der Waals surface area (Å²) in [4.78, 5) is 26.4. The molecule has 0 spiro atoms. The maximum atomic E-state index is 14.7. The molecule has 0 unspecified atom stereocenters. The van der Waals surface area contributed by atoms with Crippen LogP contribution in [-0.4, -0.2) is 60.2 Å². The molecule has 0 saturated carbocycles. The Kier molecular flexibility index (Phi) is 6.13. The highest BCUT2D eigenvalue weighted by Crippen LogP contribution is 2.29. The van der Waals surface area contributed by atoms with Gasteiger partial charge in [0.25, 0.3) is 5.91 Å². The predicted molar refractivity (Wildman–Crippen MR) is 125 cm³/mol. The van der Waals surface area contributed by atoms with Gasteiger partial charge in [-0.25, -0.2) is 14.4 Å². The van der Waals surface area contributed by atoms with Gasteiger partial charge in [0.05, 0.1) is 24.5 Å². The molecule has 7 heteroatoms. The van der Waals surface area contributed by atoms with Gasteiger partial charge >= 0.3 is 0 Å². The molecule has 1 amide bonds. The molecule has 33 heavy (non-hydrogen) atoms. The van der Waals surface area contributed by atoms with Gasteiger partial charge in [-0.2, -0.15) is 0 Å². The molecule has 0 N–H and O–H groups in total. The van der Waals surface area contributed by atoms with Gasteiger partial charge in [0.1, 0.15) is 5.82 Å². The van der Waals surface area contributed by atoms with Crippen LogP contribution in [0.3, 0.4) is 0 Å². The zero-order chi connectivity index (χ0) is 22.6. The number of aromatic nitrogens is 2. The Labute approximate surface area is 192 Å². The summed E-state index contributed by atoms with van der Waals surface area (Å²) in [6.45, 7) is 3.56. The number of carbonyl (C=O) groups is 1. The topological polar surface area (TPSA) is 58.6 Å². The molecule has 3 heterocycles. The number of anilines is 1. The molecular weight excluding hydrogens is 419 g/mol. The van der Waals surface area contributed by atoms with Crippen molar-refractivity contribution in [3.8, 4) is 11.3 Å². The fourth-order valence-electron chi connectivity index (χ4n) is 4.24. The summed E-state index contributed by atoms with van der Waals surface area (Å²) in [5.41, 5.74) is 3.35. The first-order valence-corrected chi connectivity index (χ1v) is 11.2. The molecule has 1 aromatic heterocycles. The highest BCUT2D eigenvalue weighted by Gasteiger charge is 2.26. The number of hydrogen-bond acceptors (Lipinski definition) is 5. The first kappa shape index (κ1) is 21.3. The van der Waals surface area contributed by atoms with Crippen molar-refractivity contribution in [2.75, 3.05) is 44.3 Å². The van der Waals surface area contributed by atoms with Gasteiger partial charge in [-0.1, -0.05) is 48.5 Å². The van der Waals surface area contributed by atoms with Gasteiger partial charge in [-0.05, 0) is 29.7 Å². The van der Waals surface area contributed by atoms with Crippen molar-refractivity contribution in [1.82, 2.24) is 14.9 Å². The summed E-state index contributed by atoms with van der Waals surface area (Å²) in [6.07, 6.45) is 4.39. The molecule has 3 aromatic rings. The van der Waals surface area contributed by atoms with Crippen molar-refractivity contribution >= 4 is 17.4 Å². The number of hydrogen-bond donors (Lipinski definition) is 0. The molecule has 0 bridgehead atoms. The Morgan fingerprint density at radius 2 is 1.73 bits per heavy atom. The summed E-state index contributed by atoms with van der Waals surface area (Å²) in [5, 5.41) is 0. The number of carbonyl (C=O) groups excluding carboxylic acids is 1. The minimum atomic E-state index is -0.414. The number of benzene rings is 2. The number of morpholine rings is 1. The normalized spacial score (nSPS) is 16.5. The van der Waals surface area contributed by atoms with Crippen LogP contribution in [0.2, 0.25) is 0 Å². The third-order valence-corrected chi connectivity index (χ3v) is 6.07. The fourth-order valence-corrected chi connectivity index (χ4v) is 4.24. The molecule has 2 aliphatic heterocycles. The summed E-state index contributed by atoms with van der Waals surface area (Å²) in [7, 11) is 0. The van der Waals surface area contributed by atoms with Crippen LogP contribution in [0.1, 0.15) is 22.3 Å². The number of nitrogens with zero attached hydrogens (tertiary/aromatic N) is 4. The van der Waals surface area contributed by atoms with Crippen molar-refractivity contribution < 1.29 is 13.9 Å². The Morgan fingerprint density at radius 1 is 0.970 bits per heavy atom. The van der Waals surface area contributed by atoms with E-state index in [1.807, 2.05) is 23.1 Å². The molecule has 168 valence electrons. The average molecular weight is 445 g/mol.